The molecule has 7 heteroatoms. The first-order chi connectivity index (χ1) is 12.1. The highest BCUT2D eigenvalue weighted by molar-refractivity contribution is 5.96. The maximum absolute atomic E-state index is 11.8. The first kappa shape index (κ1) is 16.5. The van der Waals surface area contributed by atoms with Crippen LogP contribution < -0.4 is 16.3 Å². The fourth-order valence-corrected chi connectivity index (χ4v) is 2.50. The third kappa shape index (κ3) is 4.35. The zero-order valence-corrected chi connectivity index (χ0v) is 13.5. The number of aromatic nitrogens is 2. The SMILES string of the molecule is O=C(CNC(=O)c1ccccc1)NCCc1ccc2[nH]c(=O)[nH]c2c1. The van der Waals surface area contributed by atoms with Gasteiger partial charge >= 0.3 is 5.69 Å². The predicted octanol–water partition coefficient (Wildman–Crippen LogP) is 0.945. The number of rotatable bonds is 6. The normalized spacial score (nSPS) is 10.6. The molecule has 0 unspecified atom stereocenters. The van der Waals surface area contributed by atoms with E-state index in [-0.39, 0.29) is 24.0 Å². The van der Waals surface area contributed by atoms with Crippen LogP contribution in [0.15, 0.2) is 53.3 Å². The molecule has 0 saturated carbocycles. The summed E-state index contributed by atoms with van der Waals surface area (Å²) in [5.41, 5.74) is 2.76. The number of hydrogen-bond donors (Lipinski definition) is 4. The smallest absolute Gasteiger partial charge is 0.323 e. The lowest BCUT2D eigenvalue weighted by atomic mass is 10.1. The molecule has 0 fully saturated rings. The summed E-state index contributed by atoms with van der Waals surface area (Å²) in [7, 11) is 0. The number of carbonyl (C=O) groups excluding carboxylic acids is 2. The number of hydrogen-bond acceptors (Lipinski definition) is 3. The number of nitrogens with one attached hydrogen (secondary N) is 4. The summed E-state index contributed by atoms with van der Waals surface area (Å²) < 4.78 is 0. The fraction of sp³-hybridized carbons (Fsp3) is 0.167. The molecule has 0 spiro atoms. The third-order valence-corrected chi connectivity index (χ3v) is 3.76. The van der Waals surface area contributed by atoms with Gasteiger partial charge in [-0.05, 0) is 36.2 Å². The van der Waals surface area contributed by atoms with E-state index < -0.39 is 0 Å². The molecule has 0 bridgehead atoms. The van der Waals surface area contributed by atoms with Gasteiger partial charge in [0, 0.05) is 12.1 Å². The van der Waals surface area contributed by atoms with E-state index in [4.69, 9.17) is 0 Å². The Hall–Kier alpha value is -3.35. The van der Waals surface area contributed by atoms with Crippen LogP contribution in [0.2, 0.25) is 0 Å². The van der Waals surface area contributed by atoms with Gasteiger partial charge in [0.25, 0.3) is 5.91 Å². The van der Waals surface area contributed by atoms with Crippen LogP contribution in [-0.4, -0.2) is 34.9 Å². The lowest BCUT2D eigenvalue weighted by Crippen LogP contribution is -2.37. The van der Waals surface area contributed by atoms with Crippen LogP contribution >= 0.6 is 0 Å². The highest BCUT2D eigenvalue weighted by Crippen LogP contribution is 2.10. The van der Waals surface area contributed by atoms with Crippen LogP contribution in [0.3, 0.4) is 0 Å². The molecule has 0 atom stereocenters. The van der Waals surface area contributed by atoms with Gasteiger partial charge < -0.3 is 20.6 Å². The average Bonchev–Trinajstić information content (AvgIpc) is 2.99. The summed E-state index contributed by atoms with van der Waals surface area (Å²) in [6.45, 7) is 0.373. The van der Waals surface area contributed by atoms with Crippen molar-refractivity contribution >= 4 is 22.8 Å². The molecule has 0 aliphatic rings. The van der Waals surface area contributed by atoms with Gasteiger partial charge in [0.1, 0.15) is 0 Å². The summed E-state index contributed by atoms with van der Waals surface area (Å²) in [5.74, 6) is -0.530. The largest absolute Gasteiger partial charge is 0.354 e. The van der Waals surface area contributed by atoms with Crippen molar-refractivity contribution in [3.05, 3.63) is 70.1 Å². The zero-order chi connectivity index (χ0) is 17.6. The molecule has 3 aromatic rings. The van der Waals surface area contributed by atoms with E-state index >= 15 is 0 Å². The Bertz CT molecular complexity index is 944. The molecule has 25 heavy (non-hydrogen) atoms. The van der Waals surface area contributed by atoms with Crippen molar-refractivity contribution in [2.75, 3.05) is 13.1 Å². The standard InChI is InChI=1S/C18H18N4O3/c23-16(11-20-17(24)13-4-2-1-3-5-13)19-9-8-12-6-7-14-15(10-12)22-18(25)21-14/h1-7,10H,8-9,11H2,(H,19,23)(H,20,24)(H2,21,22,25). The molecule has 4 N–H and O–H groups in total. The Labute approximate surface area is 143 Å². The van der Waals surface area contributed by atoms with Crippen LogP contribution in [-0.2, 0) is 11.2 Å². The summed E-state index contributed by atoms with van der Waals surface area (Å²) in [6.07, 6.45) is 0.627. The van der Waals surface area contributed by atoms with Gasteiger partial charge in [0.15, 0.2) is 0 Å². The molecule has 3 rings (SSSR count). The fourth-order valence-electron chi connectivity index (χ4n) is 2.50. The molecule has 0 aliphatic carbocycles. The predicted molar refractivity (Wildman–Crippen MR) is 94.4 cm³/mol. The molecular weight excluding hydrogens is 320 g/mol. The Morgan fingerprint density at radius 3 is 2.48 bits per heavy atom. The Morgan fingerprint density at radius 2 is 1.68 bits per heavy atom. The molecule has 2 aromatic carbocycles. The maximum atomic E-state index is 11.8. The topological polar surface area (TPSA) is 107 Å². The van der Waals surface area contributed by atoms with Crippen molar-refractivity contribution in [2.24, 2.45) is 0 Å². The molecule has 128 valence electrons. The minimum atomic E-state index is -0.280. The van der Waals surface area contributed by atoms with E-state index in [2.05, 4.69) is 20.6 Å². The number of imidazole rings is 1. The van der Waals surface area contributed by atoms with Crippen LogP contribution in [0.25, 0.3) is 11.0 Å². The van der Waals surface area contributed by atoms with Crippen molar-refractivity contribution in [3.8, 4) is 0 Å². The second-order valence-corrected chi connectivity index (χ2v) is 5.61. The van der Waals surface area contributed by atoms with Gasteiger partial charge in [-0.2, -0.15) is 0 Å². The van der Waals surface area contributed by atoms with Crippen LogP contribution in [0.4, 0.5) is 0 Å². The van der Waals surface area contributed by atoms with E-state index in [1.165, 1.54) is 0 Å². The van der Waals surface area contributed by atoms with Crippen molar-refractivity contribution in [1.82, 2.24) is 20.6 Å². The molecule has 7 nitrogen and oxygen atoms in total. The van der Waals surface area contributed by atoms with E-state index in [1.54, 1.807) is 24.3 Å². The van der Waals surface area contributed by atoms with E-state index in [0.717, 1.165) is 16.6 Å². The third-order valence-electron chi connectivity index (χ3n) is 3.76. The number of aromatic amines is 2. The molecule has 1 heterocycles. The number of H-pyrrole nitrogens is 2. The minimum absolute atomic E-state index is 0.0715. The summed E-state index contributed by atoms with van der Waals surface area (Å²) in [4.78, 5) is 40.3. The second kappa shape index (κ2) is 7.48. The zero-order valence-electron chi connectivity index (χ0n) is 13.5. The van der Waals surface area contributed by atoms with Crippen LogP contribution in [0.1, 0.15) is 15.9 Å². The molecule has 0 saturated heterocycles. The summed E-state index contributed by atoms with van der Waals surface area (Å²) >= 11 is 0. The number of carbonyl (C=O) groups is 2. The number of fused-ring (bicyclic) bond motifs is 1. The van der Waals surface area contributed by atoms with E-state index in [0.29, 0.717) is 18.5 Å². The van der Waals surface area contributed by atoms with Crippen LogP contribution in [0, 0.1) is 0 Å². The Balaban J connectivity index is 1.44. The van der Waals surface area contributed by atoms with Crippen LogP contribution in [0.5, 0.6) is 0 Å². The van der Waals surface area contributed by atoms with Crippen molar-refractivity contribution in [2.45, 2.75) is 6.42 Å². The second-order valence-electron chi connectivity index (χ2n) is 5.61. The first-order valence-corrected chi connectivity index (χ1v) is 7.93. The molecule has 0 aliphatic heterocycles. The Kier molecular flexibility index (Phi) is 4.94. The van der Waals surface area contributed by atoms with Gasteiger partial charge in [-0.1, -0.05) is 24.3 Å². The van der Waals surface area contributed by atoms with Crippen molar-refractivity contribution in [3.63, 3.8) is 0 Å². The van der Waals surface area contributed by atoms with E-state index in [1.807, 2.05) is 24.3 Å². The van der Waals surface area contributed by atoms with Gasteiger partial charge in [0.2, 0.25) is 5.91 Å². The summed E-state index contributed by atoms with van der Waals surface area (Å²) in [5, 5.41) is 5.34. The Morgan fingerprint density at radius 1 is 0.920 bits per heavy atom. The van der Waals surface area contributed by atoms with Gasteiger partial charge in [-0.15, -0.1) is 0 Å². The van der Waals surface area contributed by atoms with Crippen molar-refractivity contribution < 1.29 is 9.59 Å². The van der Waals surface area contributed by atoms with Gasteiger partial charge in [-0.3, -0.25) is 9.59 Å². The minimum Gasteiger partial charge on any atom is -0.354 e. The molecule has 0 radical (unpaired) electrons. The maximum Gasteiger partial charge on any atom is 0.323 e. The molecular formula is C18H18N4O3. The number of amides is 2. The molecule has 1 aromatic heterocycles. The van der Waals surface area contributed by atoms with Gasteiger partial charge in [0.05, 0.1) is 17.6 Å². The highest BCUT2D eigenvalue weighted by atomic mass is 16.2. The van der Waals surface area contributed by atoms with Gasteiger partial charge in [-0.25, -0.2) is 4.79 Å². The number of benzene rings is 2. The highest BCUT2D eigenvalue weighted by Gasteiger charge is 2.07. The monoisotopic (exact) mass is 338 g/mol. The molecule has 2 amide bonds. The quantitative estimate of drug-likeness (QED) is 0.537. The summed E-state index contributed by atoms with van der Waals surface area (Å²) in [6, 6.07) is 14.3. The van der Waals surface area contributed by atoms with Crippen molar-refractivity contribution in [1.29, 1.82) is 0 Å². The average molecular weight is 338 g/mol. The first-order valence-electron chi connectivity index (χ1n) is 7.93. The lowest BCUT2D eigenvalue weighted by Gasteiger charge is -2.07. The van der Waals surface area contributed by atoms with E-state index in [9.17, 15) is 14.4 Å². The lowest BCUT2D eigenvalue weighted by molar-refractivity contribution is -0.120.